The van der Waals surface area contributed by atoms with Crippen LogP contribution in [0.1, 0.15) is 59.3 Å². The molecule has 0 N–H and O–H groups in total. The van der Waals surface area contributed by atoms with Crippen LogP contribution >= 0.6 is 0 Å². The zero-order valence-corrected chi connectivity index (χ0v) is 20.2. The summed E-state index contributed by atoms with van der Waals surface area (Å²) in [7, 11) is -1.73. The van der Waals surface area contributed by atoms with Crippen LogP contribution in [-0.2, 0) is 9.84 Å². The molecule has 0 saturated carbocycles. The predicted octanol–water partition coefficient (Wildman–Crippen LogP) is 5.86. The van der Waals surface area contributed by atoms with E-state index in [0.717, 1.165) is 19.3 Å². The molecule has 1 aromatic rings. The first kappa shape index (κ1) is 22.8. The second kappa shape index (κ2) is 11.5. The van der Waals surface area contributed by atoms with Gasteiger partial charge in [0.05, 0.1) is 0 Å². The Balaban J connectivity index is 3.18. The van der Waals surface area contributed by atoms with Gasteiger partial charge in [-0.1, -0.05) is 0 Å². The van der Waals surface area contributed by atoms with Crippen LogP contribution in [-0.4, -0.2) is 37.7 Å². The van der Waals surface area contributed by atoms with E-state index in [-0.39, 0.29) is 0 Å². The number of para-hydroxylation sites is 1. The van der Waals surface area contributed by atoms with E-state index in [1.54, 1.807) is 25.3 Å². The molecule has 25 heavy (non-hydrogen) atoms. The number of rotatable bonds is 13. The third-order valence-electron chi connectivity index (χ3n) is 5.08. The maximum atomic E-state index is 13.3. The topological polar surface area (TPSA) is 43.4 Å². The zero-order chi connectivity index (χ0) is 18.8. The Kier molecular flexibility index (Phi) is 10.5. The Morgan fingerprint density at radius 3 is 1.80 bits per heavy atom. The van der Waals surface area contributed by atoms with Crippen LogP contribution in [0.4, 0.5) is 0 Å². The average molecular weight is 475 g/mol. The number of methoxy groups -OCH3 is 1. The monoisotopic (exact) mass is 476 g/mol. The van der Waals surface area contributed by atoms with Crippen LogP contribution in [0.2, 0.25) is 13.3 Å². The molecule has 0 spiro atoms. The van der Waals surface area contributed by atoms with Crippen molar-refractivity contribution in [1.29, 1.82) is 0 Å². The first-order chi connectivity index (χ1) is 11.9. The fraction of sp³-hybridized carbons (Fsp3) is 0.700. The van der Waals surface area contributed by atoms with Crippen molar-refractivity contribution >= 4 is 28.2 Å². The van der Waals surface area contributed by atoms with E-state index in [2.05, 4.69) is 20.8 Å². The Bertz CT molecular complexity index is 577. The molecule has 0 heterocycles. The van der Waals surface area contributed by atoms with Crippen molar-refractivity contribution in [1.82, 2.24) is 0 Å². The first-order valence-corrected chi connectivity index (χ1v) is 19.5. The van der Waals surface area contributed by atoms with Crippen molar-refractivity contribution in [3.8, 4) is 5.75 Å². The van der Waals surface area contributed by atoms with Crippen molar-refractivity contribution in [2.24, 2.45) is 0 Å². The molecule has 0 bridgehead atoms. The molecule has 3 nitrogen and oxygen atoms in total. The maximum absolute atomic E-state index is 13.3. The van der Waals surface area contributed by atoms with E-state index in [1.807, 2.05) is 6.07 Å². The summed E-state index contributed by atoms with van der Waals surface area (Å²) in [6.07, 6.45) is 7.03. The summed E-state index contributed by atoms with van der Waals surface area (Å²) >= 11 is -2.75. The Labute approximate surface area is 159 Å². The van der Waals surface area contributed by atoms with Crippen LogP contribution < -0.4 is 4.74 Å². The fourth-order valence-electron chi connectivity index (χ4n) is 3.60. The molecule has 0 atom stereocenters. The molecule has 0 fully saturated rings. The number of hydrogen-bond acceptors (Lipinski definition) is 3. The standard InChI is InChI=1S/C8H9O3S.3C4H9.Sn/c1-11-7-5-3-4-6-8(7)12(2,9)10;3*1-3-4-2;/h3-6H,2H2,1H3;3*1,3-4H2,2H3;. The molecule has 0 saturated heterocycles. The van der Waals surface area contributed by atoms with Gasteiger partial charge >= 0.3 is 160 Å². The van der Waals surface area contributed by atoms with Gasteiger partial charge in [-0.2, -0.15) is 0 Å². The Morgan fingerprint density at radius 1 is 0.880 bits per heavy atom. The Hall–Kier alpha value is -0.231. The molecule has 0 aliphatic carbocycles. The molecule has 0 aromatic heterocycles. The van der Waals surface area contributed by atoms with Crippen molar-refractivity contribution in [3.05, 3.63) is 24.3 Å². The van der Waals surface area contributed by atoms with Crippen molar-refractivity contribution in [2.45, 2.75) is 77.5 Å². The van der Waals surface area contributed by atoms with E-state index in [1.165, 1.54) is 32.6 Å². The number of ether oxygens (including phenoxy) is 1. The van der Waals surface area contributed by atoms with Crippen molar-refractivity contribution < 1.29 is 13.2 Å². The van der Waals surface area contributed by atoms with Crippen LogP contribution in [0.5, 0.6) is 5.75 Å². The molecule has 1 aromatic carbocycles. The summed E-state index contributed by atoms with van der Waals surface area (Å²) in [5, 5.41) is 0. The third-order valence-corrected chi connectivity index (χ3v) is 27.7. The second-order valence-electron chi connectivity index (χ2n) is 7.22. The van der Waals surface area contributed by atoms with Crippen LogP contribution in [0.25, 0.3) is 0 Å². The van der Waals surface area contributed by atoms with Crippen LogP contribution in [0, 0.1) is 0 Å². The second-order valence-corrected chi connectivity index (χ2v) is 24.5. The minimum atomic E-state index is -3.28. The normalized spacial score (nSPS) is 12.3. The summed E-state index contributed by atoms with van der Waals surface area (Å²) in [4.78, 5) is 0.392. The molecule has 5 heteroatoms. The summed E-state index contributed by atoms with van der Waals surface area (Å²) < 4.78 is 36.0. The number of hydrogen-bond donors (Lipinski definition) is 0. The first-order valence-electron chi connectivity index (χ1n) is 9.80. The molecule has 0 radical (unpaired) electrons. The average Bonchev–Trinajstić information content (AvgIpc) is 2.62. The van der Waals surface area contributed by atoms with Gasteiger partial charge < -0.3 is 0 Å². The van der Waals surface area contributed by atoms with Gasteiger partial charge in [0.1, 0.15) is 0 Å². The third kappa shape index (κ3) is 7.12. The number of benzene rings is 1. The molecule has 0 aliphatic heterocycles. The van der Waals surface area contributed by atoms with Gasteiger partial charge in [-0.3, -0.25) is 0 Å². The van der Waals surface area contributed by atoms with Crippen molar-refractivity contribution in [3.63, 3.8) is 0 Å². The predicted molar refractivity (Wildman–Crippen MR) is 110 cm³/mol. The zero-order valence-electron chi connectivity index (χ0n) is 16.5. The van der Waals surface area contributed by atoms with E-state index in [0.29, 0.717) is 14.4 Å². The molecule has 144 valence electrons. The van der Waals surface area contributed by atoms with Crippen LogP contribution in [0.15, 0.2) is 29.2 Å². The molecule has 0 amide bonds. The van der Waals surface area contributed by atoms with E-state index in [9.17, 15) is 8.42 Å². The summed E-state index contributed by atoms with van der Waals surface area (Å²) in [6, 6.07) is 7.11. The van der Waals surface area contributed by atoms with Gasteiger partial charge in [-0.05, 0) is 0 Å². The SMILES string of the molecule is CCC[CH2][Sn]([CH2]CCC)([CH2]CCC)[CH2]S(=O)(=O)c1ccccc1OC. The quantitative estimate of drug-likeness (QED) is 0.336. The molecule has 0 aliphatic rings. The van der Waals surface area contributed by atoms with Gasteiger partial charge in [0.2, 0.25) is 0 Å². The van der Waals surface area contributed by atoms with Gasteiger partial charge in [0.15, 0.2) is 0 Å². The van der Waals surface area contributed by atoms with Gasteiger partial charge in [-0.25, -0.2) is 0 Å². The van der Waals surface area contributed by atoms with Crippen LogP contribution in [0.3, 0.4) is 0 Å². The number of unbranched alkanes of at least 4 members (excludes halogenated alkanes) is 3. The Morgan fingerprint density at radius 2 is 1.36 bits per heavy atom. The van der Waals surface area contributed by atoms with E-state index in [4.69, 9.17) is 4.74 Å². The summed E-state index contributed by atoms with van der Waals surface area (Å²) in [5.41, 5.74) is 0. The summed E-state index contributed by atoms with van der Waals surface area (Å²) in [5.74, 6) is 0.490. The van der Waals surface area contributed by atoms with Gasteiger partial charge in [-0.15, -0.1) is 0 Å². The molecular weight excluding hydrogens is 439 g/mol. The van der Waals surface area contributed by atoms with Gasteiger partial charge in [0, 0.05) is 0 Å². The molecular formula is C20H36O3SSn. The van der Waals surface area contributed by atoms with Gasteiger partial charge in [0.25, 0.3) is 0 Å². The molecule has 0 unspecified atom stereocenters. The molecule has 1 rings (SSSR count). The fourth-order valence-corrected chi connectivity index (χ4v) is 29.3. The number of sulfone groups is 1. The minimum absolute atomic E-state index is 0.392. The van der Waals surface area contributed by atoms with Crippen molar-refractivity contribution in [2.75, 3.05) is 10.9 Å². The summed E-state index contributed by atoms with van der Waals surface area (Å²) in [6.45, 7) is 6.64. The van der Waals surface area contributed by atoms with E-state index < -0.39 is 28.2 Å². The van der Waals surface area contributed by atoms with E-state index >= 15 is 0 Å².